The number of anilines is 1. The van der Waals surface area contributed by atoms with Gasteiger partial charge in [0.25, 0.3) is 5.56 Å². The predicted octanol–water partition coefficient (Wildman–Crippen LogP) is 0.645. The van der Waals surface area contributed by atoms with Gasteiger partial charge in [0, 0.05) is 51.9 Å². The minimum absolute atomic E-state index is 0.0819. The van der Waals surface area contributed by atoms with Crippen molar-refractivity contribution in [2.45, 2.75) is 18.9 Å². The molecule has 2 aromatic rings. The largest absolute Gasteiger partial charge is 0.469 e. The van der Waals surface area contributed by atoms with Crippen LogP contribution in [0.2, 0.25) is 0 Å². The Morgan fingerprint density at radius 2 is 2.36 bits per heavy atom. The topological polar surface area (TPSA) is 89.6 Å². The highest BCUT2D eigenvalue weighted by Crippen LogP contribution is 2.10. The van der Waals surface area contributed by atoms with Crippen molar-refractivity contribution >= 4 is 11.7 Å². The number of carbonyl (C=O) groups excluding carboxylic acids is 1. The predicted molar refractivity (Wildman–Crippen MR) is 91.3 cm³/mol. The molecule has 8 nitrogen and oxygen atoms in total. The Balaban J connectivity index is 1.49. The highest BCUT2D eigenvalue weighted by molar-refractivity contribution is 5.76. The molecule has 1 aliphatic rings. The first-order valence-corrected chi connectivity index (χ1v) is 8.31. The number of hydrogen-bond acceptors (Lipinski definition) is 6. The summed E-state index contributed by atoms with van der Waals surface area (Å²) in [6.07, 6.45) is 5.61. The van der Waals surface area contributed by atoms with Gasteiger partial charge < -0.3 is 23.9 Å². The third-order valence-electron chi connectivity index (χ3n) is 4.17. The summed E-state index contributed by atoms with van der Waals surface area (Å²) in [6, 6.07) is 3.69. The summed E-state index contributed by atoms with van der Waals surface area (Å²) < 4.78 is 12.4. The lowest BCUT2D eigenvalue weighted by Gasteiger charge is -2.33. The summed E-state index contributed by atoms with van der Waals surface area (Å²) in [6.45, 7) is 1.99. The van der Waals surface area contributed by atoms with Gasteiger partial charge in [-0.05, 0) is 12.1 Å². The zero-order valence-electron chi connectivity index (χ0n) is 14.2. The lowest BCUT2D eigenvalue weighted by molar-refractivity contribution is -0.138. The minimum atomic E-state index is -0.190. The van der Waals surface area contributed by atoms with Crippen LogP contribution in [0, 0.1) is 0 Å². The van der Waals surface area contributed by atoms with Gasteiger partial charge in [-0.25, -0.2) is 4.98 Å². The monoisotopic (exact) mass is 346 g/mol. The summed E-state index contributed by atoms with van der Waals surface area (Å²) in [5.74, 6) is 1.18. The molecular weight excluding hydrogens is 324 g/mol. The van der Waals surface area contributed by atoms with E-state index in [1.165, 1.54) is 4.57 Å². The maximum absolute atomic E-state index is 12.4. The third kappa shape index (κ3) is 4.48. The van der Waals surface area contributed by atoms with E-state index in [1.807, 2.05) is 12.1 Å². The number of aryl methyl sites for hydroxylation is 2. The van der Waals surface area contributed by atoms with Gasteiger partial charge in [0.05, 0.1) is 19.0 Å². The standard InChI is InChI=1S/C17H22N4O4/c1-20-7-6-18-16(17(20)23)19-11-14-12-21(8-10-25-14)15(22)5-4-13-3-2-9-24-13/h2-3,6-7,9,14H,4-5,8,10-12H2,1H3,(H,18,19)/t14-/m1/s1. The summed E-state index contributed by atoms with van der Waals surface area (Å²) in [5.41, 5.74) is -0.190. The van der Waals surface area contributed by atoms with Gasteiger partial charge in [-0.2, -0.15) is 0 Å². The zero-order valence-corrected chi connectivity index (χ0v) is 14.2. The van der Waals surface area contributed by atoms with E-state index in [0.717, 1.165) is 5.76 Å². The van der Waals surface area contributed by atoms with E-state index in [4.69, 9.17) is 9.15 Å². The van der Waals surface area contributed by atoms with Crippen LogP contribution in [0.4, 0.5) is 5.82 Å². The molecule has 1 fully saturated rings. The Morgan fingerprint density at radius 3 is 3.16 bits per heavy atom. The minimum Gasteiger partial charge on any atom is -0.469 e. The zero-order chi connectivity index (χ0) is 17.6. The number of morpholine rings is 1. The highest BCUT2D eigenvalue weighted by atomic mass is 16.5. The molecule has 0 saturated carbocycles. The van der Waals surface area contributed by atoms with E-state index in [0.29, 0.717) is 39.1 Å². The van der Waals surface area contributed by atoms with Gasteiger partial charge in [0.1, 0.15) is 5.76 Å². The number of furan rings is 1. The molecule has 1 amide bonds. The number of ether oxygens (including phenoxy) is 1. The normalized spacial score (nSPS) is 17.5. The van der Waals surface area contributed by atoms with Crippen molar-refractivity contribution in [3.63, 3.8) is 0 Å². The van der Waals surface area contributed by atoms with Crippen LogP contribution in [-0.2, 0) is 23.0 Å². The Hall–Kier alpha value is -2.61. The fourth-order valence-electron chi connectivity index (χ4n) is 2.74. The van der Waals surface area contributed by atoms with E-state index >= 15 is 0 Å². The Bertz CT molecular complexity index is 756. The molecular formula is C17H22N4O4. The molecule has 1 N–H and O–H groups in total. The number of nitrogens with zero attached hydrogens (tertiary/aromatic N) is 3. The molecule has 1 aliphatic heterocycles. The second kappa shape index (κ2) is 7.98. The first-order chi connectivity index (χ1) is 12.1. The molecule has 3 rings (SSSR count). The van der Waals surface area contributed by atoms with Gasteiger partial charge in [-0.15, -0.1) is 0 Å². The van der Waals surface area contributed by atoms with E-state index < -0.39 is 0 Å². The van der Waals surface area contributed by atoms with Crippen LogP contribution in [0.1, 0.15) is 12.2 Å². The number of hydrogen-bond donors (Lipinski definition) is 1. The second-order valence-electron chi connectivity index (χ2n) is 5.98. The fourth-order valence-corrected chi connectivity index (χ4v) is 2.74. The van der Waals surface area contributed by atoms with E-state index in [2.05, 4.69) is 10.3 Å². The van der Waals surface area contributed by atoms with Crippen molar-refractivity contribution in [1.29, 1.82) is 0 Å². The molecule has 1 saturated heterocycles. The lowest BCUT2D eigenvalue weighted by atomic mass is 10.2. The van der Waals surface area contributed by atoms with Crippen LogP contribution in [0.25, 0.3) is 0 Å². The van der Waals surface area contributed by atoms with Crippen molar-refractivity contribution in [2.24, 2.45) is 7.05 Å². The quantitative estimate of drug-likeness (QED) is 0.826. The number of aromatic nitrogens is 2. The summed E-state index contributed by atoms with van der Waals surface area (Å²) in [7, 11) is 1.67. The van der Waals surface area contributed by atoms with Crippen LogP contribution in [0.5, 0.6) is 0 Å². The van der Waals surface area contributed by atoms with Crippen LogP contribution in [0.15, 0.2) is 40.0 Å². The number of rotatable bonds is 6. The highest BCUT2D eigenvalue weighted by Gasteiger charge is 2.24. The first kappa shape index (κ1) is 17.2. The second-order valence-corrected chi connectivity index (χ2v) is 5.98. The Morgan fingerprint density at radius 1 is 1.48 bits per heavy atom. The van der Waals surface area contributed by atoms with Crippen molar-refractivity contribution in [3.8, 4) is 0 Å². The molecule has 134 valence electrons. The van der Waals surface area contributed by atoms with Crippen molar-refractivity contribution in [1.82, 2.24) is 14.5 Å². The first-order valence-electron chi connectivity index (χ1n) is 8.31. The van der Waals surface area contributed by atoms with Gasteiger partial charge in [-0.3, -0.25) is 9.59 Å². The molecule has 1 atom stereocenters. The van der Waals surface area contributed by atoms with Crippen LogP contribution in [0.3, 0.4) is 0 Å². The molecule has 0 aliphatic carbocycles. The summed E-state index contributed by atoms with van der Waals surface area (Å²) in [4.78, 5) is 30.1. The molecule has 3 heterocycles. The SMILES string of the molecule is Cn1ccnc(NC[C@@H]2CN(C(=O)CCc3ccco3)CCO2)c1=O. The Kier molecular flexibility index (Phi) is 5.49. The molecule has 0 aromatic carbocycles. The van der Waals surface area contributed by atoms with E-state index in [9.17, 15) is 9.59 Å². The molecule has 2 aromatic heterocycles. The molecule has 0 unspecified atom stereocenters. The number of amides is 1. The van der Waals surface area contributed by atoms with Crippen LogP contribution in [-0.4, -0.2) is 52.7 Å². The van der Waals surface area contributed by atoms with E-state index in [-0.39, 0.29) is 23.4 Å². The molecule has 0 radical (unpaired) electrons. The fraction of sp³-hybridized carbons (Fsp3) is 0.471. The lowest BCUT2D eigenvalue weighted by Crippen LogP contribution is -2.48. The average molecular weight is 346 g/mol. The maximum atomic E-state index is 12.4. The van der Waals surface area contributed by atoms with Crippen molar-refractivity contribution in [2.75, 3.05) is 31.6 Å². The molecule has 0 bridgehead atoms. The van der Waals surface area contributed by atoms with Gasteiger partial charge in [-0.1, -0.05) is 0 Å². The smallest absolute Gasteiger partial charge is 0.293 e. The Labute approximate surface area is 145 Å². The van der Waals surface area contributed by atoms with Gasteiger partial charge >= 0.3 is 0 Å². The van der Waals surface area contributed by atoms with Gasteiger partial charge in [0.15, 0.2) is 5.82 Å². The number of carbonyl (C=O) groups is 1. The molecule has 8 heteroatoms. The maximum Gasteiger partial charge on any atom is 0.293 e. The van der Waals surface area contributed by atoms with Crippen molar-refractivity contribution < 1.29 is 13.9 Å². The van der Waals surface area contributed by atoms with Crippen molar-refractivity contribution in [3.05, 3.63) is 46.9 Å². The molecule has 25 heavy (non-hydrogen) atoms. The van der Waals surface area contributed by atoms with Crippen LogP contribution < -0.4 is 10.9 Å². The summed E-state index contributed by atoms with van der Waals surface area (Å²) >= 11 is 0. The van der Waals surface area contributed by atoms with Gasteiger partial charge in [0.2, 0.25) is 5.91 Å². The molecule has 0 spiro atoms. The average Bonchev–Trinajstić information content (AvgIpc) is 3.15. The van der Waals surface area contributed by atoms with E-state index in [1.54, 1.807) is 30.6 Å². The number of nitrogens with one attached hydrogen (secondary N) is 1. The summed E-state index contributed by atoms with van der Waals surface area (Å²) in [5, 5.41) is 3.01. The third-order valence-corrected chi connectivity index (χ3v) is 4.17. The van der Waals surface area contributed by atoms with Crippen LogP contribution >= 0.6 is 0 Å².